The summed E-state index contributed by atoms with van der Waals surface area (Å²) in [6.07, 6.45) is 6.95. The number of fused-ring (bicyclic) bond motifs is 1. The highest BCUT2D eigenvalue weighted by molar-refractivity contribution is 5.91. The van der Waals surface area contributed by atoms with Crippen molar-refractivity contribution in [2.24, 2.45) is 5.92 Å². The molecule has 6 heteroatoms. The van der Waals surface area contributed by atoms with Gasteiger partial charge in [0.1, 0.15) is 11.5 Å². The molecule has 0 fully saturated rings. The van der Waals surface area contributed by atoms with Crippen LogP contribution in [0.3, 0.4) is 0 Å². The van der Waals surface area contributed by atoms with Gasteiger partial charge in [-0.25, -0.2) is 4.39 Å². The zero-order valence-electron chi connectivity index (χ0n) is 16.3. The lowest BCUT2D eigenvalue weighted by molar-refractivity contribution is -0.116. The number of aromatic nitrogens is 1. The predicted molar refractivity (Wildman–Crippen MR) is 112 cm³/mol. The van der Waals surface area contributed by atoms with Gasteiger partial charge in [0.25, 0.3) is 0 Å². The second-order valence-corrected chi connectivity index (χ2v) is 7.05. The summed E-state index contributed by atoms with van der Waals surface area (Å²) in [7, 11) is 0. The monoisotopic (exact) mass is 404 g/mol. The van der Waals surface area contributed by atoms with Gasteiger partial charge in [0.2, 0.25) is 5.91 Å². The Morgan fingerprint density at radius 1 is 1.23 bits per heavy atom. The molecule has 0 spiro atoms. The van der Waals surface area contributed by atoms with Crippen LogP contribution in [0.4, 0.5) is 4.39 Å². The molecule has 30 heavy (non-hydrogen) atoms. The number of hydrogen-bond acceptors (Lipinski definition) is 4. The first kappa shape index (κ1) is 19.6. The molecular weight excluding hydrogens is 383 g/mol. The maximum Gasteiger partial charge on any atom is 0.244 e. The molecule has 0 bridgehead atoms. The van der Waals surface area contributed by atoms with E-state index in [-0.39, 0.29) is 17.6 Å². The molecule has 1 atom stereocenters. The molecule has 1 aliphatic rings. The molecule has 2 heterocycles. The van der Waals surface area contributed by atoms with Crippen molar-refractivity contribution in [3.8, 4) is 17.2 Å². The smallest absolute Gasteiger partial charge is 0.244 e. The molecule has 152 valence electrons. The van der Waals surface area contributed by atoms with Crippen molar-refractivity contribution in [1.29, 1.82) is 0 Å². The lowest BCUT2D eigenvalue weighted by atomic mass is 9.97. The zero-order chi connectivity index (χ0) is 20.8. The lowest BCUT2D eigenvalue weighted by Gasteiger charge is -2.25. The Kier molecular flexibility index (Phi) is 6.03. The first-order valence-corrected chi connectivity index (χ1v) is 9.71. The summed E-state index contributed by atoms with van der Waals surface area (Å²) in [6.45, 7) is 1.09. The summed E-state index contributed by atoms with van der Waals surface area (Å²) < 4.78 is 25.5. The molecule has 3 aromatic rings. The van der Waals surface area contributed by atoms with Crippen LogP contribution in [0.15, 0.2) is 73.1 Å². The van der Waals surface area contributed by atoms with E-state index < -0.39 is 5.82 Å². The van der Waals surface area contributed by atoms with E-state index >= 15 is 0 Å². The predicted octanol–water partition coefficient (Wildman–Crippen LogP) is 4.39. The highest BCUT2D eigenvalue weighted by atomic mass is 19.1. The van der Waals surface area contributed by atoms with Crippen LogP contribution in [0.5, 0.6) is 17.2 Å². The summed E-state index contributed by atoms with van der Waals surface area (Å²) in [5.41, 5.74) is 1.72. The molecule has 1 aliphatic heterocycles. The fraction of sp³-hybridized carbons (Fsp3) is 0.167. The second kappa shape index (κ2) is 9.22. The number of hydrogen-bond donors (Lipinski definition) is 1. The van der Waals surface area contributed by atoms with E-state index in [2.05, 4.69) is 10.3 Å². The average Bonchev–Trinajstić information content (AvgIpc) is 2.78. The van der Waals surface area contributed by atoms with Crippen LogP contribution in [0.1, 0.15) is 11.1 Å². The number of nitrogens with one attached hydrogen (secondary N) is 1. The van der Waals surface area contributed by atoms with Crippen LogP contribution in [0.25, 0.3) is 6.08 Å². The molecule has 4 rings (SSSR count). The Bertz CT molecular complexity index is 1050. The molecular formula is C24H21FN2O3. The highest BCUT2D eigenvalue weighted by Crippen LogP contribution is 2.27. The first-order chi connectivity index (χ1) is 14.7. The van der Waals surface area contributed by atoms with Gasteiger partial charge in [-0.05, 0) is 54.0 Å². The van der Waals surface area contributed by atoms with Gasteiger partial charge < -0.3 is 14.8 Å². The van der Waals surface area contributed by atoms with Crippen LogP contribution in [0, 0.1) is 11.7 Å². The van der Waals surface area contributed by atoms with Gasteiger partial charge in [0.15, 0.2) is 11.6 Å². The number of carbonyl (C=O) groups is 1. The van der Waals surface area contributed by atoms with E-state index in [0.29, 0.717) is 24.5 Å². The minimum absolute atomic E-state index is 0.0992. The van der Waals surface area contributed by atoms with Crippen LogP contribution in [-0.2, 0) is 11.2 Å². The Hall–Kier alpha value is -3.67. The zero-order valence-corrected chi connectivity index (χ0v) is 16.3. The molecule has 5 nitrogen and oxygen atoms in total. The maximum atomic E-state index is 14.3. The van der Waals surface area contributed by atoms with Crippen LogP contribution in [-0.4, -0.2) is 24.0 Å². The maximum absolute atomic E-state index is 14.3. The fourth-order valence-corrected chi connectivity index (χ4v) is 3.24. The normalized spacial score (nSPS) is 15.3. The van der Waals surface area contributed by atoms with E-state index in [0.717, 1.165) is 17.7 Å². The summed E-state index contributed by atoms with van der Waals surface area (Å²) in [4.78, 5) is 16.1. The quantitative estimate of drug-likeness (QED) is 0.619. The average molecular weight is 404 g/mol. The van der Waals surface area contributed by atoms with Crippen molar-refractivity contribution >= 4 is 12.0 Å². The summed E-state index contributed by atoms with van der Waals surface area (Å²) >= 11 is 0. The molecule has 2 aromatic carbocycles. The highest BCUT2D eigenvalue weighted by Gasteiger charge is 2.19. The third-order valence-electron chi connectivity index (χ3n) is 4.77. The van der Waals surface area contributed by atoms with Crippen LogP contribution < -0.4 is 14.8 Å². The van der Waals surface area contributed by atoms with Crippen molar-refractivity contribution in [2.75, 3.05) is 13.2 Å². The molecule has 1 N–H and O–H groups in total. The standard InChI is InChI=1S/C24H21FN2O3/c25-21-13-17(7-9-23(21)30-20-5-3-11-26-15-20)8-10-24(28)27-14-18-12-19-4-1-2-6-22(19)29-16-18/h1-11,13,15,18H,12,14,16H2,(H,27,28)/b10-8+. The number of para-hydroxylation sites is 1. The number of nitrogens with zero attached hydrogens (tertiary/aromatic N) is 1. The van der Waals surface area contributed by atoms with Gasteiger partial charge in [-0.3, -0.25) is 9.78 Å². The van der Waals surface area contributed by atoms with Crippen molar-refractivity contribution in [3.05, 3.63) is 90.0 Å². The van der Waals surface area contributed by atoms with Gasteiger partial charge >= 0.3 is 0 Å². The molecule has 0 radical (unpaired) electrons. The van der Waals surface area contributed by atoms with E-state index in [4.69, 9.17) is 9.47 Å². The van der Waals surface area contributed by atoms with Crippen LogP contribution >= 0.6 is 0 Å². The summed E-state index contributed by atoms with van der Waals surface area (Å²) in [5.74, 6) is 0.941. The van der Waals surface area contributed by atoms with Crippen molar-refractivity contribution < 1.29 is 18.7 Å². The molecule has 1 amide bonds. The minimum Gasteiger partial charge on any atom is -0.493 e. The van der Waals surface area contributed by atoms with Crippen molar-refractivity contribution in [1.82, 2.24) is 10.3 Å². The van der Waals surface area contributed by atoms with Crippen molar-refractivity contribution in [3.63, 3.8) is 0 Å². The number of pyridine rings is 1. The van der Waals surface area contributed by atoms with Gasteiger partial charge in [-0.1, -0.05) is 24.3 Å². The van der Waals surface area contributed by atoms with Gasteiger partial charge in [0, 0.05) is 24.7 Å². The molecule has 0 aliphatic carbocycles. The van der Waals surface area contributed by atoms with E-state index in [9.17, 15) is 9.18 Å². The summed E-state index contributed by atoms with van der Waals surface area (Å²) in [5, 5.41) is 2.88. The van der Waals surface area contributed by atoms with Crippen LogP contribution in [0.2, 0.25) is 0 Å². The van der Waals surface area contributed by atoms with E-state index in [1.165, 1.54) is 24.4 Å². The van der Waals surface area contributed by atoms with Gasteiger partial charge in [-0.15, -0.1) is 0 Å². The molecule has 1 unspecified atom stereocenters. The Labute approximate surface area is 174 Å². The van der Waals surface area contributed by atoms with Crippen molar-refractivity contribution in [2.45, 2.75) is 6.42 Å². The SMILES string of the molecule is O=C(/C=C/c1ccc(Oc2cccnc2)c(F)c1)NCC1COc2ccccc2C1. The number of ether oxygens (including phenoxy) is 2. The number of rotatable bonds is 6. The Morgan fingerprint density at radius 3 is 2.97 bits per heavy atom. The third kappa shape index (κ3) is 5.03. The van der Waals surface area contributed by atoms with E-state index in [1.54, 1.807) is 30.5 Å². The topological polar surface area (TPSA) is 60.5 Å². The summed E-state index contributed by atoms with van der Waals surface area (Å²) in [6, 6.07) is 15.9. The van der Waals surface area contributed by atoms with Gasteiger partial charge in [0.05, 0.1) is 12.8 Å². The Balaban J connectivity index is 1.29. The lowest BCUT2D eigenvalue weighted by Crippen LogP contribution is -2.33. The molecule has 0 saturated carbocycles. The Morgan fingerprint density at radius 2 is 2.13 bits per heavy atom. The molecule has 1 aromatic heterocycles. The van der Waals surface area contributed by atoms with Gasteiger partial charge in [-0.2, -0.15) is 0 Å². The number of benzene rings is 2. The fourth-order valence-electron chi connectivity index (χ4n) is 3.24. The second-order valence-electron chi connectivity index (χ2n) is 7.05. The largest absolute Gasteiger partial charge is 0.493 e. The third-order valence-corrected chi connectivity index (χ3v) is 4.77. The number of carbonyl (C=O) groups excluding carboxylic acids is 1. The number of amides is 1. The molecule has 0 saturated heterocycles. The minimum atomic E-state index is -0.514. The number of halogens is 1. The first-order valence-electron chi connectivity index (χ1n) is 9.71. The van der Waals surface area contributed by atoms with E-state index in [1.807, 2.05) is 24.3 Å².